The summed E-state index contributed by atoms with van der Waals surface area (Å²) in [7, 11) is 0. The van der Waals surface area contributed by atoms with Crippen molar-refractivity contribution in [2.24, 2.45) is 0 Å². The number of ether oxygens (including phenoxy) is 1. The predicted octanol–water partition coefficient (Wildman–Crippen LogP) is 4.48. The van der Waals surface area contributed by atoms with Crippen LogP contribution in [-0.4, -0.2) is 33.9 Å². The average Bonchev–Trinajstić information content (AvgIpc) is 2.68. The molecule has 9 heteroatoms. The van der Waals surface area contributed by atoms with Gasteiger partial charge in [0.2, 0.25) is 5.88 Å². The fourth-order valence-electron chi connectivity index (χ4n) is 3.08. The normalized spacial score (nSPS) is 15.4. The van der Waals surface area contributed by atoms with Gasteiger partial charge in [-0.15, -0.1) is 0 Å². The highest BCUT2D eigenvalue weighted by molar-refractivity contribution is 5.90. The van der Waals surface area contributed by atoms with Crippen molar-refractivity contribution in [1.29, 1.82) is 0 Å². The van der Waals surface area contributed by atoms with Crippen molar-refractivity contribution in [2.75, 3.05) is 13.1 Å². The van der Waals surface area contributed by atoms with Crippen molar-refractivity contribution in [3.05, 3.63) is 60.3 Å². The van der Waals surface area contributed by atoms with Crippen LogP contribution in [-0.2, 0) is 11.0 Å². The number of likely N-dealkylation sites (tertiary alicyclic amines) is 1. The first-order chi connectivity index (χ1) is 13.3. The molecule has 0 N–H and O–H groups in total. The number of halogens is 4. The number of aromatic nitrogens is 2. The molecule has 3 heterocycles. The van der Waals surface area contributed by atoms with E-state index in [-0.39, 0.29) is 17.5 Å². The zero-order chi connectivity index (χ0) is 20.3. The monoisotopic (exact) mass is 395 g/mol. The minimum atomic E-state index is -4.52. The Balaban J connectivity index is 1.72. The van der Waals surface area contributed by atoms with Crippen LogP contribution in [0.1, 0.15) is 30.0 Å². The number of piperidine rings is 1. The Labute approximate surface area is 158 Å². The van der Waals surface area contributed by atoms with Crippen LogP contribution in [0, 0.1) is 0 Å². The summed E-state index contributed by atoms with van der Waals surface area (Å²) in [6.07, 6.45) is -0.860. The smallest absolute Gasteiger partial charge is 0.433 e. The Morgan fingerprint density at radius 3 is 2.46 bits per heavy atom. The number of alkyl halides is 3. The summed E-state index contributed by atoms with van der Waals surface area (Å²) in [5, 5.41) is 0. The van der Waals surface area contributed by atoms with Gasteiger partial charge < -0.3 is 9.64 Å². The maximum Gasteiger partial charge on any atom is 0.433 e. The van der Waals surface area contributed by atoms with Gasteiger partial charge in [-0.25, -0.2) is 14.4 Å². The van der Waals surface area contributed by atoms with Crippen LogP contribution in [0.25, 0.3) is 0 Å². The highest BCUT2D eigenvalue weighted by Crippen LogP contribution is 2.35. The van der Waals surface area contributed by atoms with Crippen molar-refractivity contribution in [1.82, 2.24) is 14.9 Å². The minimum absolute atomic E-state index is 0.0167. The summed E-state index contributed by atoms with van der Waals surface area (Å²) < 4.78 is 56.5. The standard InChI is InChI=1S/C19H17F4N3O2/c1-12(20)18(27)26-9-6-13(7-10-26)15-3-2-8-24-17(15)28-14-4-5-16(25-11-14)19(21,22)23/h2-5,8,11,13H,1,6-7,9-10H2. The van der Waals surface area contributed by atoms with E-state index in [1.807, 2.05) is 6.07 Å². The summed E-state index contributed by atoms with van der Waals surface area (Å²) in [4.78, 5) is 20.6. The highest BCUT2D eigenvalue weighted by atomic mass is 19.4. The molecule has 0 aliphatic carbocycles. The third-order valence-electron chi connectivity index (χ3n) is 4.50. The van der Waals surface area contributed by atoms with E-state index >= 15 is 0 Å². The third-order valence-corrected chi connectivity index (χ3v) is 4.50. The van der Waals surface area contributed by atoms with Crippen LogP contribution < -0.4 is 4.74 Å². The lowest BCUT2D eigenvalue weighted by molar-refractivity contribution is -0.141. The van der Waals surface area contributed by atoms with Gasteiger partial charge in [-0.1, -0.05) is 12.6 Å². The van der Waals surface area contributed by atoms with Gasteiger partial charge >= 0.3 is 6.18 Å². The van der Waals surface area contributed by atoms with Gasteiger partial charge in [0.15, 0.2) is 5.83 Å². The van der Waals surface area contributed by atoms with Crippen molar-refractivity contribution in [3.8, 4) is 11.6 Å². The molecule has 2 aromatic rings. The number of nitrogens with zero attached hydrogens (tertiary/aromatic N) is 3. The van der Waals surface area contributed by atoms with Crippen molar-refractivity contribution < 1.29 is 27.1 Å². The van der Waals surface area contributed by atoms with Gasteiger partial charge in [-0.3, -0.25) is 4.79 Å². The van der Waals surface area contributed by atoms with Crippen LogP contribution >= 0.6 is 0 Å². The van der Waals surface area contributed by atoms with Gasteiger partial charge in [0.25, 0.3) is 5.91 Å². The molecule has 1 amide bonds. The van der Waals surface area contributed by atoms with E-state index in [1.54, 1.807) is 6.07 Å². The second kappa shape index (κ2) is 7.95. The van der Waals surface area contributed by atoms with Crippen LogP contribution in [0.15, 0.2) is 49.1 Å². The summed E-state index contributed by atoms with van der Waals surface area (Å²) >= 11 is 0. The molecule has 28 heavy (non-hydrogen) atoms. The molecular weight excluding hydrogens is 378 g/mol. The molecule has 0 spiro atoms. The molecule has 0 atom stereocenters. The number of carbonyl (C=O) groups excluding carboxylic acids is 1. The van der Waals surface area contributed by atoms with E-state index in [2.05, 4.69) is 16.5 Å². The molecule has 2 aromatic heterocycles. The number of hydrogen-bond acceptors (Lipinski definition) is 4. The second-order valence-electron chi connectivity index (χ2n) is 6.35. The van der Waals surface area contributed by atoms with Gasteiger partial charge in [-0.05, 0) is 37.0 Å². The van der Waals surface area contributed by atoms with Crippen molar-refractivity contribution >= 4 is 5.91 Å². The van der Waals surface area contributed by atoms with Gasteiger partial charge in [0, 0.05) is 24.8 Å². The molecule has 1 aliphatic heterocycles. The SMILES string of the molecule is C=C(F)C(=O)N1CCC(c2cccnc2Oc2ccc(C(F)(F)F)nc2)CC1. The topological polar surface area (TPSA) is 55.3 Å². The maximum atomic E-state index is 13.0. The van der Waals surface area contributed by atoms with E-state index in [0.29, 0.717) is 25.9 Å². The molecule has 5 nitrogen and oxygen atoms in total. The first kappa shape index (κ1) is 19.8. The molecule has 0 unspecified atom stereocenters. The Bertz CT molecular complexity index is 860. The zero-order valence-corrected chi connectivity index (χ0v) is 14.7. The lowest BCUT2D eigenvalue weighted by Crippen LogP contribution is -2.38. The number of pyridine rings is 2. The summed E-state index contributed by atoms with van der Waals surface area (Å²) in [5.41, 5.74) is -0.235. The Hall–Kier alpha value is -2.97. The Kier molecular flexibility index (Phi) is 5.62. The lowest BCUT2D eigenvalue weighted by Gasteiger charge is -2.32. The van der Waals surface area contributed by atoms with Crippen molar-refractivity contribution in [2.45, 2.75) is 24.9 Å². The fraction of sp³-hybridized carbons (Fsp3) is 0.316. The van der Waals surface area contributed by atoms with Crippen LogP contribution in [0.4, 0.5) is 17.6 Å². The average molecular weight is 395 g/mol. The minimum Gasteiger partial charge on any atom is -0.437 e. The maximum absolute atomic E-state index is 13.0. The van der Waals surface area contributed by atoms with Gasteiger partial charge in [-0.2, -0.15) is 13.2 Å². The Morgan fingerprint density at radius 1 is 1.18 bits per heavy atom. The Morgan fingerprint density at radius 2 is 1.89 bits per heavy atom. The number of carbonyl (C=O) groups is 1. The molecule has 1 aliphatic rings. The molecule has 0 radical (unpaired) electrons. The number of hydrogen-bond donors (Lipinski definition) is 0. The second-order valence-corrected chi connectivity index (χ2v) is 6.35. The molecule has 1 saturated heterocycles. The largest absolute Gasteiger partial charge is 0.437 e. The summed E-state index contributed by atoms with van der Waals surface area (Å²) in [6, 6.07) is 5.57. The lowest BCUT2D eigenvalue weighted by atomic mass is 9.90. The molecule has 148 valence electrons. The third kappa shape index (κ3) is 4.47. The molecule has 0 aromatic carbocycles. The number of rotatable bonds is 4. The van der Waals surface area contributed by atoms with E-state index in [4.69, 9.17) is 4.74 Å². The first-order valence-electron chi connectivity index (χ1n) is 8.55. The number of amides is 1. The molecule has 1 fully saturated rings. The van der Waals surface area contributed by atoms with Gasteiger partial charge in [0.1, 0.15) is 11.4 Å². The summed E-state index contributed by atoms with van der Waals surface area (Å²) in [6.45, 7) is 3.75. The molecule has 3 rings (SSSR count). The van der Waals surface area contributed by atoms with E-state index < -0.39 is 23.6 Å². The van der Waals surface area contributed by atoms with E-state index in [1.165, 1.54) is 17.2 Å². The zero-order valence-electron chi connectivity index (χ0n) is 14.7. The molecular formula is C19H17F4N3O2. The van der Waals surface area contributed by atoms with Crippen molar-refractivity contribution in [3.63, 3.8) is 0 Å². The van der Waals surface area contributed by atoms with Crippen LogP contribution in [0.5, 0.6) is 11.6 Å². The van der Waals surface area contributed by atoms with Gasteiger partial charge in [0.05, 0.1) is 6.20 Å². The fourth-order valence-corrected chi connectivity index (χ4v) is 3.08. The highest BCUT2D eigenvalue weighted by Gasteiger charge is 2.32. The predicted molar refractivity (Wildman–Crippen MR) is 92.4 cm³/mol. The summed E-state index contributed by atoms with van der Waals surface area (Å²) in [5.74, 6) is -1.28. The molecule has 0 saturated carbocycles. The van der Waals surface area contributed by atoms with E-state index in [0.717, 1.165) is 17.8 Å². The molecule has 0 bridgehead atoms. The van der Waals surface area contributed by atoms with Crippen LogP contribution in [0.3, 0.4) is 0 Å². The van der Waals surface area contributed by atoms with Crippen LogP contribution in [0.2, 0.25) is 0 Å². The first-order valence-corrected chi connectivity index (χ1v) is 8.55. The van der Waals surface area contributed by atoms with E-state index in [9.17, 15) is 22.4 Å². The quantitative estimate of drug-likeness (QED) is 0.566.